The molecule has 180 valence electrons. The molecule has 2 atom stereocenters. The van der Waals surface area contributed by atoms with E-state index in [2.05, 4.69) is 0 Å². The number of hydrogen-bond donors (Lipinski definition) is 1. The molecule has 1 aliphatic heterocycles. The first kappa shape index (κ1) is 23.6. The monoisotopic (exact) mass is 466 g/mol. The Bertz CT molecular complexity index is 1050. The number of aliphatic carboxylic acids is 1. The van der Waals surface area contributed by atoms with Crippen molar-refractivity contribution in [2.75, 3.05) is 13.7 Å². The number of rotatable bonds is 8. The number of nitrogens with zero attached hydrogens (tertiary/aromatic N) is 2. The summed E-state index contributed by atoms with van der Waals surface area (Å²) in [5.41, 5.74) is 1.06. The maximum Gasteiger partial charge on any atom is 0.329 e. The van der Waals surface area contributed by atoms with E-state index in [0.717, 1.165) is 30.7 Å². The first-order valence-corrected chi connectivity index (χ1v) is 11.7. The van der Waals surface area contributed by atoms with Crippen LogP contribution in [0.3, 0.4) is 0 Å². The van der Waals surface area contributed by atoms with Crippen LogP contribution < -0.4 is 9.47 Å². The topological polar surface area (TPSA) is 96.4 Å². The lowest BCUT2D eigenvalue weighted by atomic mass is 9.91. The molecule has 1 saturated heterocycles. The zero-order chi connectivity index (χ0) is 24.2. The largest absolute Gasteiger partial charge is 0.493 e. The summed E-state index contributed by atoms with van der Waals surface area (Å²) in [6.45, 7) is 1.88. The van der Waals surface area contributed by atoms with E-state index in [0.29, 0.717) is 22.6 Å². The van der Waals surface area contributed by atoms with Gasteiger partial charge in [-0.15, -0.1) is 0 Å². The number of methoxy groups -OCH3 is 1. The number of hydrazine groups is 1. The van der Waals surface area contributed by atoms with Gasteiger partial charge in [-0.1, -0.05) is 24.3 Å². The molecule has 2 aliphatic rings. The predicted octanol–water partition coefficient (Wildman–Crippen LogP) is 3.86. The fraction of sp³-hybridized carbons (Fsp3) is 0.423. The lowest BCUT2D eigenvalue weighted by Crippen LogP contribution is -2.54. The zero-order valence-corrected chi connectivity index (χ0v) is 19.5. The summed E-state index contributed by atoms with van der Waals surface area (Å²) in [7, 11) is 1.56. The number of carboxylic acids is 1. The molecule has 1 heterocycles. The molecule has 8 nitrogen and oxygen atoms in total. The van der Waals surface area contributed by atoms with Gasteiger partial charge in [0.2, 0.25) is 5.91 Å². The van der Waals surface area contributed by atoms with E-state index in [9.17, 15) is 19.5 Å². The van der Waals surface area contributed by atoms with Gasteiger partial charge in [0.15, 0.2) is 17.5 Å². The van der Waals surface area contributed by atoms with E-state index in [1.165, 1.54) is 5.01 Å². The van der Waals surface area contributed by atoms with Gasteiger partial charge < -0.3 is 14.6 Å². The van der Waals surface area contributed by atoms with E-state index in [1.807, 2.05) is 0 Å². The van der Waals surface area contributed by atoms with Crippen molar-refractivity contribution in [1.29, 1.82) is 0 Å². The van der Waals surface area contributed by atoms with Crippen LogP contribution in [0.15, 0.2) is 48.5 Å². The van der Waals surface area contributed by atoms with Crippen LogP contribution in [0.1, 0.15) is 60.9 Å². The van der Waals surface area contributed by atoms with Crippen LogP contribution in [0.4, 0.5) is 0 Å². The molecule has 0 unspecified atom stereocenters. The van der Waals surface area contributed by atoms with Crippen LogP contribution in [-0.4, -0.2) is 58.7 Å². The van der Waals surface area contributed by atoms with Gasteiger partial charge in [-0.3, -0.25) is 9.59 Å². The van der Waals surface area contributed by atoms with Crippen molar-refractivity contribution in [3.63, 3.8) is 0 Å². The Balaban J connectivity index is 1.66. The molecule has 2 fully saturated rings. The Labute approximate surface area is 199 Å². The minimum Gasteiger partial charge on any atom is -0.493 e. The highest BCUT2D eigenvalue weighted by Gasteiger charge is 2.49. The number of ether oxygens (including phenoxy) is 2. The Morgan fingerprint density at radius 1 is 1.09 bits per heavy atom. The number of hydrogen-bond acceptors (Lipinski definition) is 5. The van der Waals surface area contributed by atoms with Crippen molar-refractivity contribution in [3.05, 3.63) is 59.7 Å². The number of carbonyl (C=O) groups is 3. The average Bonchev–Trinajstić information content (AvgIpc) is 3.48. The molecule has 4 rings (SSSR count). The fourth-order valence-corrected chi connectivity index (χ4v) is 4.91. The molecule has 0 spiro atoms. The van der Waals surface area contributed by atoms with Gasteiger partial charge in [-0.2, -0.15) is 0 Å². The van der Waals surface area contributed by atoms with Gasteiger partial charge in [-0.25, -0.2) is 14.8 Å². The quantitative estimate of drug-likeness (QED) is 0.635. The lowest BCUT2D eigenvalue weighted by Gasteiger charge is -2.35. The highest BCUT2D eigenvalue weighted by Crippen LogP contribution is 2.40. The Morgan fingerprint density at radius 2 is 1.79 bits per heavy atom. The highest BCUT2D eigenvalue weighted by atomic mass is 16.5. The number of carboxylic acid groups (broad SMARTS) is 1. The van der Waals surface area contributed by atoms with Crippen LogP contribution in [0, 0.1) is 0 Å². The van der Waals surface area contributed by atoms with E-state index in [4.69, 9.17) is 9.47 Å². The van der Waals surface area contributed by atoms with E-state index in [-0.39, 0.29) is 19.1 Å². The molecular weight excluding hydrogens is 436 g/mol. The lowest BCUT2D eigenvalue weighted by molar-refractivity contribution is -0.157. The summed E-state index contributed by atoms with van der Waals surface area (Å²) < 4.78 is 11.6. The third-order valence-electron chi connectivity index (χ3n) is 6.57. The first-order chi connectivity index (χ1) is 16.4. The molecule has 0 radical (unpaired) electrons. The molecule has 1 N–H and O–H groups in total. The van der Waals surface area contributed by atoms with Crippen LogP contribution >= 0.6 is 0 Å². The van der Waals surface area contributed by atoms with Crippen molar-refractivity contribution in [2.45, 2.75) is 57.1 Å². The number of carbonyl (C=O) groups excluding carboxylic acids is 2. The van der Waals surface area contributed by atoms with Gasteiger partial charge in [0.25, 0.3) is 5.91 Å². The molecule has 34 heavy (non-hydrogen) atoms. The number of amides is 2. The van der Waals surface area contributed by atoms with Gasteiger partial charge in [-0.05, 0) is 62.4 Å². The van der Waals surface area contributed by atoms with E-state index in [1.54, 1.807) is 62.6 Å². The summed E-state index contributed by atoms with van der Waals surface area (Å²) in [6, 6.07) is 12.6. The third kappa shape index (κ3) is 4.58. The van der Waals surface area contributed by atoms with Crippen molar-refractivity contribution >= 4 is 17.8 Å². The molecule has 1 aliphatic carbocycles. The second-order valence-corrected chi connectivity index (χ2v) is 8.65. The number of benzene rings is 2. The smallest absolute Gasteiger partial charge is 0.329 e. The van der Waals surface area contributed by atoms with Crippen molar-refractivity contribution in [2.24, 2.45) is 0 Å². The minimum absolute atomic E-state index is 0.0231. The zero-order valence-electron chi connectivity index (χ0n) is 19.5. The SMILES string of the molecule is CCN(C(=O)c1ccccc1)N1C(=O)C[C@@H](c2ccc(OC)c(OC3CCCC3)c2)[C@@H]1C(=O)O. The summed E-state index contributed by atoms with van der Waals surface area (Å²) in [5, 5.41) is 12.5. The second kappa shape index (κ2) is 10.2. The van der Waals surface area contributed by atoms with Crippen LogP contribution in [-0.2, 0) is 9.59 Å². The third-order valence-corrected chi connectivity index (χ3v) is 6.57. The van der Waals surface area contributed by atoms with E-state index >= 15 is 0 Å². The van der Waals surface area contributed by atoms with Crippen molar-refractivity contribution in [3.8, 4) is 11.5 Å². The molecular formula is C26H30N2O6. The maximum absolute atomic E-state index is 13.2. The molecule has 2 amide bonds. The maximum atomic E-state index is 13.2. The molecule has 1 saturated carbocycles. The molecule has 8 heteroatoms. The Kier molecular flexibility index (Phi) is 7.05. The van der Waals surface area contributed by atoms with Gasteiger partial charge in [0.1, 0.15) is 0 Å². The average molecular weight is 467 g/mol. The molecule has 0 aromatic heterocycles. The predicted molar refractivity (Wildman–Crippen MR) is 125 cm³/mol. The van der Waals surface area contributed by atoms with Crippen LogP contribution in [0.25, 0.3) is 0 Å². The van der Waals surface area contributed by atoms with Crippen molar-refractivity contribution in [1.82, 2.24) is 10.0 Å². The summed E-state index contributed by atoms with van der Waals surface area (Å²) >= 11 is 0. The van der Waals surface area contributed by atoms with Gasteiger partial charge in [0.05, 0.1) is 13.2 Å². The minimum atomic E-state index is -1.21. The van der Waals surface area contributed by atoms with Crippen molar-refractivity contribution < 1.29 is 29.0 Å². The fourth-order valence-electron chi connectivity index (χ4n) is 4.91. The summed E-state index contributed by atoms with van der Waals surface area (Å²) in [6.07, 6.45) is 4.23. The molecule has 2 aromatic rings. The Morgan fingerprint density at radius 3 is 2.41 bits per heavy atom. The van der Waals surface area contributed by atoms with Crippen LogP contribution in [0.2, 0.25) is 0 Å². The van der Waals surface area contributed by atoms with E-state index < -0.39 is 29.7 Å². The molecule has 0 bridgehead atoms. The van der Waals surface area contributed by atoms with Gasteiger partial charge >= 0.3 is 5.97 Å². The first-order valence-electron chi connectivity index (χ1n) is 11.7. The molecule has 2 aromatic carbocycles. The van der Waals surface area contributed by atoms with Gasteiger partial charge in [0, 0.05) is 24.4 Å². The Hall–Kier alpha value is -3.55. The normalized spacial score (nSPS) is 20.4. The standard InChI is InChI=1S/C26H30N2O6/c1-3-27(25(30)17-9-5-4-6-10-17)28-23(29)16-20(24(28)26(31)32)18-13-14-21(33-2)22(15-18)34-19-11-7-8-12-19/h4-6,9-10,13-15,19-20,24H,3,7-8,11-12,16H2,1-2H3,(H,31,32)/t20-,24+/m0/s1. The highest BCUT2D eigenvalue weighted by molar-refractivity contribution is 5.97. The summed E-state index contributed by atoms with van der Waals surface area (Å²) in [5.74, 6) is -1.50. The second-order valence-electron chi connectivity index (χ2n) is 8.65. The summed E-state index contributed by atoms with van der Waals surface area (Å²) in [4.78, 5) is 38.7. The van der Waals surface area contributed by atoms with Crippen LogP contribution in [0.5, 0.6) is 11.5 Å².